The first-order valence-electron chi connectivity index (χ1n) is 6.95. The van der Waals surface area contributed by atoms with Crippen LogP contribution in [0.15, 0.2) is 0 Å². The first-order chi connectivity index (χ1) is 7.99. The second kappa shape index (κ2) is 9.46. The Morgan fingerprint density at radius 3 is 2.18 bits per heavy atom. The molecular weight excluding hydrogens is 214 g/mol. The van der Waals surface area contributed by atoms with E-state index in [1.165, 1.54) is 32.1 Å². The standard InChI is InChI=1S/C14H29NO2/c1-5-6-7-8-9-10-15(12(2)3)11-13(4)14(16)17/h12-13H,5-11H2,1-4H3,(H,16,17). The normalized spacial score (nSPS) is 13.3. The van der Waals surface area contributed by atoms with Gasteiger partial charge in [0.15, 0.2) is 0 Å². The molecular formula is C14H29NO2. The van der Waals surface area contributed by atoms with Crippen LogP contribution in [0.4, 0.5) is 0 Å². The number of nitrogens with zero attached hydrogens (tertiary/aromatic N) is 1. The molecule has 0 radical (unpaired) electrons. The largest absolute Gasteiger partial charge is 0.481 e. The summed E-state index contributed by atoms with van der Waals surface area (Å²) in [4.78, 5) is 13.1. The van der Waals surface area contributed by atoms with Crippen molar-refractivity contribution < 1.29 is 9.90 Å². The fourth-order valence-corrected chi connectivity index (χ4v) is 1.91. The van der Waals surface area contributed by atoms with Gasteiger partial charge in [0.2, 0.25) is 0 Å². The van der Waals surface area contributed by atoms with Crippen LogP contribution in [0.25, 0.3) is 0 Å². The molecule has 0 saturated heterocycles. The SMILES string of the molecule is CCCCCCCN(CC(C)C(=O)O)C(C)C. The van der Waals surface area contributed by atoms with Gasteiger partial charge in [-0.05, 0) is 26.8 Å². The molecule has 0 saturated carbocycles. The van der Waals surface area contributed by atoms with Crippen molar-refractivity contribution in [1.29, 1.82) is 0 Å². The monoisotopic (exact) mass is 243 g/mol. The van der Waals surface area contributed by atoms with E-state index in [2.05, 4.69) is 25.7 Å². The molecule has 0 amide bonds. The molecule has 0 aliphatic heterocycles. The molecule has 1 unspecified atom stereocenters. The molecule has 1 N–H and O–H groups in total. The molecule has 0 aliphatic carbocycles. The summed E-state index contributed by atoms with van der Waals surface area (Å²) in [5, 5.41) is 8.93. The van der Waals surface area contributed by atoms with Crippen molar-refractivity contribution >= 4 is 5.97 Å². The molecule has 102 valence electrons. The smallest absolute Gasteiger partial charge is 0.307 e. The fraction of sp³-hybridized carbons (Fsp3) is 0.929. The van der Waals surface area contributed by atoms with E-state index >= 15 is 0 Å². The first kappa shape index (κ1) is 16.4. The van der Waals surface area contributed by atoms with Gasteiger partial charge in [-0.15, -0.1) is 0 Å². The maximum atomic E-state index is 10.8. The molecule has 3 nitrogen and oxygen atoms in total. The second-order valence-corrected chi connectivity index (χ2v) is 5.24. The zero-order valence-corrected chi connectivity index (χ0v) is 11.9. The molecule has 0 aromatic heterocycles. The summed E-state index contributed by atoms with van der Waals surface area (Å²) in [6, 6.07) is 0.433. The van der Waals surface area contributed by atoms with Crippen LogP contribution in [0.5, 0.6) is 0 Å². The minimum Gasteiger partial charge on any atom is -0.481 e. The van der Waals surface area contributed by atoms with Gasteiger partial charge in [-0.2, -0.15) is 0 Å². The quantitative estimate of drug-likeness (QED) is 0.598. The topological polar surface area (TPSA) is 40.5 Å². The third-order valence-corrected chi connectivity index (χ3v) is 3.21. The number of hydrogen-bond acceptors (Lipinski definition) is 2. The highest BCUT2D eigenvalue weighted by Gasteiger charge is 2.17. The van der Waals surface area contributed by atoms with E-state index in [0.29, 0.717) is 12.6 Å². The highest BCUT2D eigenvalue weighted by molar-refractivity contribution is 5.69. The van der Waals surface area contributed by atoms with Crippen LogP contribution in [-0.4, -0.2) is 35.1 Å². The average molecular weight is 243 g/mol. The summed E-state index contributed by atoms with van der Waals surface area (Å²) in [5.74, 6) is -0.963. The summed E-state index contributed by atoms with van der Waals surface area (Å²) >= 11 is 0. The van der Waals surface area contributed by atoms with Crippen LogP contribution in [0, 0.1) is 5.92 Å². The molecule has 0 aliphatic rings. The van der Waals surface area contributed by atoms with Crippen molar-refractivity contribution in [2.24, 2.45) is 5.92 Å². The zero-order chi connectivity index (χ0) is 13.3. The average Bonchev–Trinajstić information content (AvgIpc) is 2.26. The van der Waals surface area contributed by atoms with E-state index in [9.17, 15) is 4.79 Å². The van der Waals surface area contributed by atoms with Crippen molar-refractivity contribution in [3.63, 3.8) is 0 Å². The maximum absolute atomic E-state index is 10.8. The highest BCUT2D eigenvalue weighted by atomic mass is 16.4. The third kappa shape index (κ3) is 8.19. The number of carbonyl (C=O) groups is 1. The third-order valence-electron chi connectivity index (χ3n) is 3.21. The Bertz CT molecular complexity index is 204. The summed E-state index contributed by atoms with van der Waals surface area (Å²) in [5.41, 5.74) is 0. The first-order valence-corrected chi connectivity index (χ1v) is 6.95. The van der Waals surface area contributed by atoms with Gasteiger partial charge in [0, 0.05) is 12.6 Å². The summed E-state index contributed by atoms with van der Waals surface area (Å²) in [6.07, 6.45) is 6.33. The molecule has 3 heteroatoms. The number of rotatable bonds is 10. The van der Waals surface area contributed by atoms with Gasteiger partial charge >= 0.3 is 5.97 Å². The Kier molecular flexibility index (Phi) is 9.14. The van der Waals surface area contributed by atoms with E-state index < -0.39 is 5.97 Å². The fourth-order valence-electron chi connectivity index (χ4n) is 1.91. The molecule has 0 aromatic carbocycles. The van der Waals surface area contributed by atoms with Crippen LogP contribution in [-0.2, 0) is 4.79 Å². The lowest BCUT2D eigenvalue weighted by Gasteiger charge is -2.28. The van der Waals surface area contributed by atoms with Gasteiger partial charge in [0.1, 0.15) is 0 Å². The summed E-state index contributed by atoms with van der Waals surface area (Å²) in [6.45, 7) is 9.98. The van der Waals surface area contributed by atoms with Gasteiger partial charge in [-0.1, -0.05) is 39.5 Å². The number of aliphatic carboxylic acids is 1. The van der Waals surface area contributed by atoms with E-state index in [1.807, 2.05) is 0 Å². The Hall–Kier alpha value is -0.570. The van der Waals surface area contributed by atoms with Crippen molar-refractivity contribution in [2.75, 3.05) is 13.1 Å². The predicted octanol–water partition coefficient (Wildman–Crippen LogP) is 3.39. The summed E-state index contributed by atoms with van der Waals surface area (Å²) in [7, 11) is 0. The van der Waals surface area contributed by atoms with E-state index in [1.54, 1.807) is 6.92 Å². The molecule has 0 aromatic rings. The summed E-state index contributed by atoms with van der Waals surface area (Å²) < 4.78 is 0. The Labute approximate surface area is 106 Å². The molecule has 0 heterocycles. The molecule has 0 fully saturated rings. The van der Waals surface area contributed by atoms with Crippen LogP contribution in [0.1, 0.15) is 59.8 Å². The highest BCUT2D eigenvalue weighted by Crippen LogP contribution is 2.09. The number of carboxylic acids is 1. The second-order valence-electron chi connectivity index (χ2n) is 5.24. The van der Waals surface area contributed by atoms with E-state index in [0.717, 1.165) is 6.54 Å². The lowest BCUT2D eigenvalue weighted by Crippen LogP contribution is -2.37. The van der Waals surface area contributed by atoms with Crippen molar-refractivity contribution in [2.45, 2.75) is 65.8 Å². The van der Waals surface area contributed by atoms with Crippen LogP contribution in [0.2, 0.25) is 0 Å². The van der Waals surface area contributed by atoms with Gasteiger partial charge in [-0.25, -0.2) is 0 Å². The Balaban J connectivity index is 3.87. The minimum absolute atomic E-state index is 0.270. The number of carboxylic acid groups (broad SMARTS) is 1. The van der Waals surface area contributed by atoms with E-state index in [-0.39, 0.29) is 5.92 Å². The lowest BCUT2D eigenvalue weighted by atomic mass is 10.1. The lowest BCUT2D eigenvalue weighted by molar-refractivity contribution is -0.141. The van der Waals surface area contributed by atoms with Crippen LogP contribution >= 0.6 is 0 Å². The van der Waals surface area contributed by atoms with Crippen LogP contribution in [0.3, 0.4) is 0 Å². The van der Waals surface area contributed by atoms with Gasteiger partial charge < -0.3 is 10.0 Å². The van der Waals surface area contributed by atoms with Gasteiger partial charge in [0.05, 0.1) is 5.92 Å². The maximum Gasteiger partial charge on any atom is 0.307 e. The van der Waals surface area contributed by atoms with Gasteiger partial charge in [-0.3, -0.25) is 4.79 Å². The molecule has 0 spiro atoms. The molecule has 17 heavy (non-hydrogen) atoms. The number of unbranched alkanes of at least 4 members (excludes halogenated alkanes) is 4. The molecule has 0 rings (SSSR count). The number of hydrogen-bond donors (Lipinski definition) is 1. The van der Waals surface area contributed by atoms with Crippen molar-refractivity contribution in [1.82, 2.24) is 4.90 Å². The van der Waals surface area contributed by atoms with E-state index in [4.69, 9.17) is 5.11 Å². The van der Waals surface area contributed by atoms with Gasteiger partial charge in [0.25, 0.3) is 0 Å². The Morgan fingerprint density at radius 2 is 1.71 bits per heavy atom. The minimum atomic E-state index is -0.693. The van der Waals surface area contributed by atoms with Crippen molar-refractivity contribution in [3.05, 3.63) is 0 Å². The van der Waals surface area contributed by atoms with Crippen molar-refractivity contribution in [3.8, 4) is 0 Å². The predicted molar refractivity (Wildman–Crippen MR) is 72.3 cm³/mol. The molecule has 0 bridgehead atoms. The van der Waals surface area contributed by atoms with Crippen LogP contribution < -0.4 is 0 Å². The molecule has 1 atom stereocenters. The Morgan fingerprint density at radius 1 is 1.12 bits per heavy atom. The zero-order valence-electron chi connectivity index (χ0n) is 11.9.